The Morgan fingerprint density at radius 3 is 2.76 bits per heavy atom. The van der Waals surface area contributed by atoms with Crippen LogP contribution in [0.3, 0.4) is 0 Å². The first-order valence-electron chi connectivity index (χ1n) is 9.36. The third-order valence-electron chi connectivity index (χ3n) is 5.95. The molecule has 2 aliphatic rings. The minimum absolute atomic E-state index is 0.0876. The average Bonchev–Trinajstić information content (AvgIpc) is 3.32. The predicted molar refractivity (Wildman–Crippen MR) is 102 cm³/mol. The van der Waals surface area contributed by atoms with E-state index in [9.17, 15) is 4.39 Å². The fourth-order valence-corrected chi connectivity index (χ4v) is 5.43. The number of anilines is 1. The molecule has 0 radical (unpaired) electrons. The van der Waals surface area contributed by atoms with E-state index in [1.54, 1.807) is 23.5 Å². The lowest BCUT2D eigenvalue weighted by Crippen LogP contribution is -2.32. The normalized spacial score (nSPS) is 23.1. The van der Waals surface area contributed by atoms with Crippen LogP contribution >= 0.6 is 11.3 Å². The third-order valence-corrected chi connectivity index (χ3v) is 6.85. The highest BCUT2D eigenvalue weighted by Crippen LogP contribution is 2.46. The van der Waals surface area contributed by atoms with Crippen molar-refractivity contribution in [3.8, 4) is 0 Å². The summed E-state index contributed by atoms with van der Waals surface area (Å²) in [6.07, 6.45) is 6.68. The van der Waals surface area contributed by atoms with E-state index in [2.05, 4.69) is 15.6 Å². The van der Waals surface area contributed by atoms with Gasteiger partial charge in [0.25, 0.3) is 0 Å². The van der Waals surface area contributed by atoms with E-state index in [1.165, 1.54) is 6.42 Å². The Morgan fingerprint density at radius 2 is 2.04 bits per heavy atom. The van der Waals surface area contributed by atoms with Crippen LogP contribution in [0.2, 0.25) is 0 Å². The monoisotopic (exact) mass is 359 g/mol. The zero-order valence-corrected chi connectivity index (χ0v) is 15.6. The van der Waals surface area contributed by atoms with Crippen molar-refractivity contribution in [3.63, 3.8) is 0 Å². The van der Waals surface area contributed by atoms with Gasteiger partial charge in [-0.3, -0.25) is 0 Å². The predicted octanol–water partition coefficient (Wildman–Crippen LogP) is 4.33. The zero-order chi connectivity index (χ0) is 17.3. The van der Waals surface area contributed by atoms with Gasteiger partial charge in [-0.2, -0.15) is 0 Å². The Labute approximate surface area is 153 Å². The largest absolute Gasteiger partial charge is 0.346 e. The molecule has 1 saturated heterocycles. The highest BCUT2D eigenvalue weighted by atomic mass is 32.1. The Balaban J connectivity index is 1.68. The summed E-state index contributed by atoms with van der Waals surface area (Å²) in [5.41, 5.74) is 1.66. The van der Waals surface area contributed by atoms with Gasteiger partial charge in [0.2, 0.25) is 0 Å². The number of nitrogens with zero attached hydrogens (tertiary/aromatic N) is 2. The van der Waals surface area contributed by atoms with Crippen molar-refractivity contribution in [3.05, 3.63) is 46.7 Å². The van der Waals surface area contributed by atoms with Crippen LogP contribution in [0.4, 0.5) is 9.52 Å². The van der Waals surface area contributed by atoms with Gasteiger partial charge in [0.05, 0.1) is 5.69 Å². The molecule has 134 valence electrons. The van der Waals surface area contributed by atoms with E-state index in [0.717, 1.165) is 61.6 Å². The van der Waals surface area contributed by atoms with Crippen molar-refractivity contribution in [1.82, 2.24) is 10.3 Å². The summed E-state index contributed by atoms with van der Waals surface area (Å²) in [6.45, 7) is 2.06. The lowest BCUT2D eigenvalue weighted by Gasteiger charge is -2.36. The minimum atomic E-state index is -0.250. The van der Waals surface area contributed by atoms with Gasteiger partial charge in [0, 0.05) is 29.9 Å². The number of hydrogen-bond donors (Lipinski definition) is 1. The van der Waals surface area contributed by atoms with Crippen LogP contribution in [0, 0.1) is 5.82 Å². The van der Waals surface area contributed by atoms with E-state index in [-0.39, 0.29) is 11.2 Å². The molecule has 1 aromatic heterocycles. The van der Waals surface area contributed by atoms with Crippen LogP contribution < -0.4 is 10.2 Å². The highest BCUT2D eigenvalue weighted by Gasteiger charge is 2.40. The van der Waals surface area contributed by atoms with E-state index in [1.807, 2.05) is 19.2 Å². The second kappa shape index (κ2) is 7.04. The molecule has 0 bridgehead atoms. The van der Waals surface area contributed by atoms with Crippen molar-refractivity contribution in [2.24, 2.45) is 0 Å². The quantitative estimate of drug-likeness (QED) is 0.881. The summed E-state index contributed by atoms with van der Waals surface area (Å²) in [7, 11) is 2.02. The number of hydrogen-bond acceptors (Lipinski definition) is 4. The number of thiazole rings is 1. The summed E-state index contributed by atoms with van der Waals surface area (Å²) in [5, 5.41) is 6.63. The fraction of sp³-hybridized carbons (Fsp3) is 0.550. The molecule has 1 saturated carbocycles. The molecule has 3 nitrogen and oxygen atoms in total. The van der Waals surface area contributed by atoms with E-state index in [4.69, 9.17) is 4.98 Å². The standard InChI is InChI=1S/C20H26FN3S/c1-22-15-9-12-24(13-15)19-23-18(14-25-19)20(10-5-2-6-11-20)16-7-3-4-8-17(16)21/h3-4,7-8,14-15,22H,2,5-6,9-13H2,1H3. The van der Waals surface area contributed by atoms with Gasteiger partial charge in [-0.25, -0.2) is 9.37 Å². The second-order valence-electron chi connectivity index (χ2n) is 7.36. The number of nitrogens with one attached hydrogen (secondary N) is 1. The van der Waals surface area contributed by atoms with E-state index in [0.29, 0.717) is 6.04 Å². The lowest BCUT2D eigenvalue weighted by molar-refractivity contribution is 0.329. The maximum atomic E-state index is 14.7. The molecule has 2 heterocycles. The van der Waals surface area contributed by atoms with Crippen molar-refractivity contribution in [1.29, 1.82) is 0 Å². The first-order chi connectivity index (χ1) is 12.2. The van der Waals surface area contributed by atoms with E-state index >= 15 is 0 Å². The Hall–Kier alpha value is -1.46. The van der Waals surface area contributed by atoms with Crippen LogP contribution in [0.5, 0.6) is 0 Å². The Kier molecular flexibility index (Phi) is 4.78. The molecule has 5 heteroatoms. The third kappa shape index (κ3) is 3.08. The van der Waals surface area contributed by atoms with Crippen LogP contribution in [0.15, 0.2) is 29.6 Å². The smallest absolute Gasteiger partial charge is 0.185 e. The molecule has 2 aromatic rings. The number of halogens is 1. The minimum Gasteiger partial charge on any atom is -0.346 e. The summed E-state index contributed by atoms with van der Waals surface area (Å²) in [5.74, 6) is -0.0876. The summed E-state index contributed by atoms with van der Waals surface area (Å²) < 4.78 is 14.7. The van der Waals surface area contributed by atoms with Gasteiger partial charge in [-0.15, -0.1) is 11.3 Å². The molecule has 25 heavy (non-hydrogen) atoms. The number of likely N-dealkylation sites (N-methyl/N-ethyl adjacent to an activating group) is 1. The molecule has 2 fully saturated rings. The number of aromatic nitrogens is 1. The second-order valence-corrected chi connectivity index (χ2v) is 8.19. The highest BCUT2D eigenvalue weighted by molar-refractivity contribution is 7.13. The maximum Gasteiger partial charge on any atom is 0.185 e. The van der Waals surface area contributed by atoms with Gasteiger partial charge in [0.1, 0.15) is 5.82 Å². The summed E-state index contributed by atoms with van der Waals surface area (Å²) in [6, 6.07) is 7.84. The van der Waals surface area contributed by atoms with Gasteiger partial charge >= 0.3 is 0 Å². The van der Waals surface area contributed by atoms with Gasteiger partial charge in [-0.05, 0) is 37.9 Å². The SMILES string of the molecule is CNC1CCN(c2nc(C3(c4ccccc4F)CCCCC3)cs2)C1. The van der Waals surface area contributed by atoms with E-state index < -0.39 is 0 Å². The van der Waals surface area contributed by atoms with Crippen molar-refractivity contribution >= 4 is 16.5 Å². The summed E-state index contributed by atoms with van der Waals surface area (Å²) in [4.78, 5) is 7.39. The molecular formula is C20H26FN3S. The molecule has 1 unspecified atom stereocenters. The zero-order valence-electron chi connectivity index (χ0n) is 14.8. The van der Waals surface area contributed by atoms with Crippen LogP contribution in [-0.4, -0.2) is 31.2 Å². The van der Waals surface area contributed by atoms with Crippen molar-refractivity contribution < 1.29 is 4.39 Å². The van der Waals surface area contributed by atoms with Crippen LogP contribution in [0.1, 0.15) is 49.8 Å². The number of rotatable bonds is 4. The van der Waals surface area contributed by atoms with Crippen molar-refractivity contribution in [2.75, 3.05) is 25.0 Å². The van der Waals surface area contributed by atoms with Gasteiger partial charge in [-0.1, -0.05) is 37.5 Å². The molecule has 1 aliphatic heterocycles. The maximum absolute atomic E-state index is 14.7. The van der Waals surface area contributed by atoms with Gasteiger partial charge < -0.3 is 10.2 Å². The lowest BCUT2D eigenvalue weighted by atomic mass is 9.67. The summed E-state index contributed by atoms with van der Waals surface area (Å²) >= 11 is 1.72. The Morgan fingerprint density at radius 1 is 1.24 bits per heavy atom. The molecular weight excluding hydrogens is 333 g/mol. The van der Waals surface area contributed by atoms with Crippen LogP contribution in [0.25, 0.3) is 0 Å². The molecule has 1 aliphatic carbocycles. The first-order valence-corrected chi connectivity index (χ1v) is 10.2. The molecule has 0 spiro atoms. The first kappa shape index (κ1) is 17.0. The molecule has 1 aromatic carbocycles. The Bertz CT molecular complexity index is 723. The average molecular weight is 360 g/mol. The molecule has 1 N–H and O–H groups in total. The van der Waals surface area contributed by atoms with Crippen molar-refractivity contribution in [2.45, 2.75) is 50.0 Å². The number of benzene rings is 1. The van der Waals surface area contributed by atoms with Gasteiger partial charge in [0.15, 0.2) is 5.13 Å². The fourth-order valence-electron chi connectivity index (χ4n) is 4.47. The topological polar surface area (TPSA) is 28.2 Å². The molecule has 1 atom stereocenters. The molecule has 4 rings (SSSR count). The molecule has 0 amide bonds. The van der Waals surface area contributed by atoms with Crippen LogP contribution in [-0.2, 0) is 5.41 Å².